The molecule has 0 radical (unpaired) electrons. The molecule has 1 aromatic rings. The van der Waals surface area contributed by atoms with Crippen molar-refractivity contribution in [2.45, 2.75) is 18.9 Å². The van der Waals surface area contributed by atoms with Crippen LogP contribution in [-0.2, 0) is 4.74 Å². The first-order valence-corrected chi connectivity index (χ1v) is 8.14. The molecule has 0 atom stereocenters. The summed E-state index contributed by atoms with van der Waals surface area (Å²) in [4.78, 5) is 13.7. The molecule has 0 saturated carbocycles. The maximum absolute atomic E-state index is 13.8. The van der Waals surface area contributed by atoms with Crippen LogP contribution in [0, 0.1) is 11.6 Å². The molecule has 1 heterocycles. The lowest BCUT2D eigenvalue weighted by Gasteiger charge is -2.32. The van der Waals surface area contributed by atoms with E-state index in [1.807, 2.05) is 0 Å². The minimum atomic E-state index is -0.802. The van der Waals surface area contributed by atoms with Crippen LogP contribution in [0.1, 0.15) is 23.2 Å². The molecule has 1 aromatic carbocycles. The summed E-state index contributed by atoms with van der Waals surface area (Å²) >= 11 is 8.77. The highest BCUT2D eigenvalue weighted by molar-refractivity contribution is 9.09. The van der Waals surface area contributed by atoms with Crippen molar-refractivity contribution in [3.8, 4) is 0 Å². The highest BCUT2D eigenvalue weighted by atomic mass is 79.9. The van der Waals surface area contributed by atoms with E-state index in [1.165, 1.54) is 4.90 Å². The van der Waals surface area contributed by atoms with Gasteiger partial charge in [-0.05, 0) is 25.0 Å². The van der Waals surface area contributed by atoms with Crippen molar-refractivity contribution in [2.24, 2.45) is 0 Å². The van der Waals surface area contributed by atoms with Gasteiger partial charge in [0.25, 0.3) is 5.91 Å². The summed E-state index contributed by atoms with van der Waals surface area (Å²) < 4.78 is 32.7. The van der Waals surface area contributed by atoms with Crippen molar-refractivity contribution in [3.63, 3.8) is 0 Å². The second-order valence-corrected chi connectivity index (χ2v) is 6.00. The molecule has 0 aromatic heterocycles. The standard InChI is InChI=1S/C14H15BrClF2NO2/c15-3-6-21-9-1-4-19(5-2-9)14(20)10-7-13(18)11(16)8-12(10)17/h7-9H,1-6H2. The third-order valence-corrected chi connectivity index (χ3v) is 4.01. The summed E-state index contributed by atoms with van der Waals surface area (Å²) in [6.07, 6.45) is 1.49. The van der Waals surface area contributed by atoms with Gasteiger partial charge >= 0.3 is 0 Å². The number of hydrogen-bond acceptors (Lipinski definition) is 2. The summed E-state index contributed by atoms with van der Waals surface area (Å²) in [6.45, 7) is 1.56. The van der Waals surface area contributed by atoms with Crippen LogP contribution >= 0.6 is 27.5 Å². The Balaban J connectivity index is 2.00. The lowest BCUT2D eigenvalue weighted by molar-refractivity contribution is 0.0158. The van der Waals surface area contributed by atoms with Gasteiger partial charge in [-0.1, -0.05) is 27.5 Å². The molecular formula is C14H15BrClF2NO2. The van der Waals surface area contributed by atoms with Gasteiger partial charge < -0.3 is 9.64 Å². The zero-order valence-corrected chi connectivity index (χ0v) is 13.6. The predicted molar refractivity (Wildman–Crippen MR) is 80.0 cm³/mol. The Labute approximate surface area is 135 Å². The molecule has 1 saturated heterocycles. The second-order valence-electron chi connectivity index (χ2n) is 4.80. The number of carbonyl (C=O) groups excluding carboxylic acids is 1. The fraction of sp³-hybridized carbons (Fsp3) is 0.500. The number of carbonyl (C=O) groups is 1. The molecule has 1 fully saturated rings. The monoisotopic (exact) mass is 381 g/mol. The van der Waals surface area contributed by atoms with Crippen LogP contribution in [0.2, 0.25) is 5.02 Å². The van der Waals surface area contributed by atoms with Gasteiger partial charge in [0.05, 0.1) is 23.3 Å². The van der Waals surface area contributed by atoms with Crippen LogP contribution in [0.4, 0.5) is 8.78 Å². The van der Waals surface area contributed by atoms with Crippen molar-refractivity contribution in [2.75, 3.05) is 25.0 Å². The zero-order valence-electron chi connectivity index (χ0n) is 11.3. The quantitative estimate of drug-likeness (QED) is 0.588. The highest BCUT2D eigenvalue weighted by Crippen LogP contribution is 2.22. The van der Waals surface area contributed by atoms with Crippen LogP contribution < -0.4 is 0 Å². The number of amides is 1. The van der Waals surface area contributed by atoms with Gasteiger partial charge in [0, 0.05) is 18.4 Å². The van der Waals surface area contributed by atoms with Crippen molar-refractivity contribution in [3.05, 3.63) is 34.4 Å². The molecular weight excluding hydrogens is 368 g/mol. The molecule has 1 amide bonds. The summed E-state index contributed by atoms with van der Waals surface area (Å²) in [5, 5.41) is 0.437. The van der Waals surface area contributed by atoms with Gasteiger partial charge in [-0.15, -0.1) is 0 Å². The van der Waals surface area contributed by atoms with Crippen LogP contribution in [-0.4, -0.2) is 41.9 Å². The smallest absolute Gasteiger partial charge is 0.256 e. The van der Waals surface area contributed by atoms with Gasteiger partial charge in [0.2, 0.25) is 0 Å². The molecule has 0 unspecified atom stereocenters. The van der Waals surface area contributed by atoms with Gasteiger partial charge in [-0.3, -0.25) is 4.79 Å². The van der Waals surface area contributed by atoms with Crippen molar-refractivity contribution in [1.29, 1.82) is 0 Å². The zero-order chi connectivity index (χ0) is 15.4. The van der Waals surface area contributed by atoms with E-state index in [4.69, 9.17) is 16.3 Å². The number of nitrogens with zero attached hydrogens (tertiary/aromatic N) is 1. The maximum Gasteiger partial charge on any atom is 0.256 e. The summed E-state index contributed by atoms with van der Waals surface area (Å²) in [5.74, 6) is -2.11. The van der Waals surface area contributed by atoms with Crippen molar-refractivity contribution in [1.82, 2.24) is 4.90 Å². The average molecular weight is 383 g/mol. The lowest BCUT2D eigenvalue weighted by Crippen LogP contribution is -2.41. The Morgan fingerprint density at radius 1 is 1.33 bits per heavy atom. The van der Waals surface area contributed by atoms with E-state index in [9.17, 15) is 13.6 Å². The van der Waals surface area contributed by atoms with E-state index in [1.54, 1.807) is 0 Å². The average Bonchev–Trinajstić information content (AvgIpc) is 2.48. The number of likely N-dealkylation sites (tertiary alicyclic amines) is 1. The summed E-state index contributed by atoms with van der Waals surface area (Å²) in [7, 11) is 0. The lowest BCUT2D eigenvalue weighted by atomic mass is 10.1. The minimum absolute atomic E-state index is 0.110. The van der Waals surface area contributed by atoms with E-state index in [-0.39, 0.29) is 16.7 Å². The maximum atomic E-state index is 13.8. The molecule has 3 nitrogen and oxygen atoms in total. The Morgan fingerprint density at radius 3 is 2.62 bits per heavy atom. The number of rotatable bonds is 4. The first-order valence-electron chi connectivity index (χ1n) is 6.64. The molecule has 2 rings (SSSR count). The molecule has 21 heavy (non-hydrogen) atoms. The third-order valence-electron chi connectivity index (χ3n) is 3.40. The van der Waals surface area contributed by atoms with Crippen LogP contribution in [0.5, 0.6) is 0 Å². The van der Waals surface area contributed by atoms with Gasteiger partial charge in [0.15, 0.2) is 0 Å². The van der Waals surface area contributed by atoms with Crippen LogP contribution in [0.15, 0.2) is 12.1 Å². The first kappa shape index (κ1) is 16.6. The highest BCUT2D eigenvalue weighted by Gasteiger charge is 2.26. The topological polar surface area (TPSA) is 29.5 Å². The van der Waals surface area contributed by atoms with Crippen molar-refractivity contribution >= 4 is 33.4 Å². The van der Waals surface area contributed by atoms with Crippen LogP contribution in [0.25, 0.3) is 0 Å². The molecule has 0 N–H and O–H groups in total. The second kappa shape index (κ2) is 7.51. The predicted octanol–water partition coefficient (Wildman–Crippen LogP) is 3.63. The van der Waals surface area contributed by atoms with E-state index in [2.05, 4.69) is 15.9 Å². The molecule has 1 aliphatic rings. The molecule has 0 aliphatic carbocycles. The number of piperidine rings is 1. The number of ether oxygens (including phenoxy) is 1. The van der Waals surface area contributed by atoms with E-state index in [0.29, 0.717) is 32.5 Å². The Morgan fingerprint density at radius 2 is 2.00 bits per heavy atom. The molecule has 7 heteroatoms. The number of alkyl halides is 1. The fourth-order valence-corrected chi connectivity index (χ4v) is 2.63. The largest absolute Gasteiger partial charge is 0.377 e. The molecule has 0 bridgehead atoms. The summed E-state index contributed by atoms with van der Waals surface area (Å²) in [6, 6.07) is 1.68. The SMILES string of the molecule is O=C(c1cc(F)c(Cl)cc1F)N1CCC(OCCBr)CC1. The Kier molecular flexibility index (Phi) is 5.96. The van der Waals surface area contributed by atoms with E-state index < -0.39 is 17.5 Å². The third kappa shape index (κ3) is 4.14. The fourth-order valence-electron chi connectivity index (χ4n) is 2.29. The van der Waals surface area contributed by atoms with Crippen molar-refractivity contribution < 1.29 is 18.3 Å². The van der Waals surface area contributed by atoms with Crippen LogP contribution in [0.3, 0.4) is 0 Å². The Hall–Kier alpha value is -0.720. The summed E-state index contributed by atoms with van der Waals surface area (Å²) in [5.41, 5.74) is -0.281. The number of hydrogen-bond donors (Lipinski definition) is 0. The molecule has 116 valence electrons. The van der Waals surface area contributed by atoms with E-state index in [0.717, 1.165) is 17.5 Å². The number of halogens is 4. The van der Waals surface area contributed by atoms with Gasteiger partial charge in [-0.2, -0.15) is 0 Å². The minimum Gasteiger partial charge on any atom is -0.377 e. The Bertz CT molecular complexity index is 522. The van der Waals surface area contributed by atoms with E-state index >= 15 is 0 Å². The first-order chi connectivity index (χ1) is 10.0. The van der Waals surface area contributed by atoms with Gasteiger partial charge in [-0.25, -0.2) is 8.78 Å². The molecule has 0 spiro atoms. The normalized spacial score (nSPS) is 16.3. The number of benzene rings is 1. The van der Waals surface area contributed by atoms with Gasteiger partial charge in [0.1, 0.15) is 11.6 Å². The molecule has 1 aliphatic heterocycles.